The summed E-state index contributed by atoms with van der Waals surface area (Å²) in [4.78, 5) is 2.60. The number of anilines is 2. The highest BCUT2D eigenvalue weighted by molar-refractivity contribution is 7.99. The molecular weight excluding hydrogens is 382 g/mol. The van der Waals surface area contributed by atoms with Gasteiger partial charge < -0.3 is 5.32 Å². The van der Waals surface area contributed by atoms with Gasteiger partial charge in [0, 0.05) is 21.6 Å². The molecule has 0 bridgehead atoms. The summed E-state index contributed by atoms with van der Waals surface area (Å²) in [5, 5.41) is 3.74. The molecule has 0 saturated carbocycles. The summed E-state index contributed by atoms with van der Waals surface area (Å²) < 4.78 is 0. The predicted molar refractivity (Wildman–Crippen MR) is 128 cm³/mol. The third-order valence-electron chi connectivity index (χ3n) is 6.11. The smallest absolute Gasteiger partial charge is 0.0565 e. The first-order valence-electron chi connectivity index (χ1n) is 10.5. The Kier molecular flexibility index (Phi) is 5.10. The Morgan fingerprint density at radius 3 is 1.97 bits per heavy atom. The van der Waals surface area contributed by atoms with Crippen LogP contribution >= 0.6 is 11.8 Å². The summed E-state index contributed by atoms with van der Waals surface area (Å²) in [6.45, 7) is 4.57. The summed E-state index contributed by atoms with van der Waals surface area (Å²) in [5.41, 5.74) is 7.84. The molecule has 1 nitrogen and oxygen atoms in total. The SMILES string of the molecule is CC(c1ccccc1)c1ccc2c(c1)Sc1cccc(C(C)c3ccccc3)c1N2. The number of para-hydroxylation sites is 1. The Labute approximate surface area is 183 Å². The van der Waals surface area contributed by atoms with Gasteiger partial charge in [-0.05, 0) is 40.5 Å². The zero-order chi connectivity index (χ0) is 20.5. The number of hydrogen-bond donors (Lipinski definition) is 1. The summed E-state index contributed by atoms with van der Waals surface area (Å²) in [6.07, 6.45) is 0. The first-order valence-corrected chi connectivity index (χ1v) is 11.3. The fourth-order valence-electron chi connectivity index (χ4n) is 4.23. The lowest BCUT2D eigenvalue weighted by molar-refractivity contribution is 0.912. The molecule has 2 heteroatoms. The van der Waals surface area contributed by atoms with Gasteiger partial charge in [0.15, 0.2) is 0 Å². The normalized spacial score (nSPS) is 14.2. The first-order chi connectivity index (χ1) is 14.7. The van der Waals surface area contributed by atoms with Crippen LogP contribution in [0, 0.1) is 0 Å². The van der Waals surface area contributed by atoms with Gasteiger partial charge in [-0.15, -0.1) is 0 Å². The maximum absolute atomic E-state index is 3.74. The molecule has 1 N–H and O–H groups in total. The van der Waals surface area contributed by atoms with Crippen LogP contribution in [0.3, 0.4) is 0 Å². The van der Waals surface area contributed by atoms with Crippen LogP contribution in [0.15, 0.2) is 107 Å². The second-order valence-electron chi connectivity index (χ2n) is 7.97. The molecule has 4 aromatic carbocycles. The van der Waals surface area contributed by atoms with Crippen molar-refractivity contribution in [3.8, 4) is 0 Å². The van der Waals surface area contributed by atoms with E-state index >= 15 is 0 Å². The van der Waals surface area contributed by atoms with Crippen LogP contribution in [-0.2, 0) is 0 Å². The highest BCUT2D eigenvalue weighted by Crippen LogP contribution is 2.48. The number of nitrogens with one attached hydrogen (secondary N) is 1. The lowest BCUT2D eigenvalue weighted by Gasteiger charge is -2.27. The summed E-state index contributed by atoms with van der Waals surface area (Å²) in [5.74, 6) is 0.719. The molecule has 0 aliphatic carbocycles. The van der Waals surface area contributed by atoms with Crippen molar-refractivity contribution in [2.45, 2.75) is 35.5 Å². The van der Waals surface area contributed by atoms with Crippen molar-refractivity contribution in [2.24, 2.45) is 0 Å². The molecular formula is C28H25NS. The molecule has 0 spiro atoms. The van der Waals surface area contributed by atoms with E-state index in [-0.39, 0.29) is 0 Å². The second kappa shape index (κ2) is 8.04. The minimum Gasteiger partial charge on any atom is -0.353 e. The quantitative estimate of drug-likeness (QED) is 0.322. The lowest BCUT2D eigenvalue weighted by Crippen LogP contribution is -2.07. The van der Waals surface area contributed by atoms with Gasteiger partial charge in [0.25, 0.3) is 0 Å². The topological polar surface area (TPSA) is 12.0 Å². The van der Waals surface area contributed by atoms with Crippen molar-refractivity contribution in [2.75, 3.05) is 5.32 Å². The average molecular weight is 408 g/mol. The van der Waals surface area contributed by atoms with Gasteiger partial charge in [-0.2, -0.15) is 0 Å². The molecule has 0 saturated heterocycles. The zero-order valence-electron chi connectivity index (χ0n) is 17.3. The van der Waals surface area contributed by atoms with Gasteiger partial charge >= 0.3 is 0 Å². The van der Waals surface area contributed by atoms with Crippen molar-refractivity contribution >= 4 is 23.1 Å². The van der Waals surface area contributed by atoms with E-state index in [1.165, 1.54) is 43.4 Å². The Morgan fingerprint density at radius 2 is 1.27 bits per heavy atom. The van der Waals surface area contributed by atoms with E-state index in [1.807, 2.05) is 11.8 Å². The Hall–Kier alpha value is -2.97. The lowest BCUT2D eigenvalue weighted by atomic mass is 9.91. The number of fused-ring (bicyclic) bond motifs is 2. The molecule has 2 unspecified atom stereocenters. The summed E-state index contributed by atoms with van der Waals surface area (Å²) >= 11 is 1.87. The third-order valence-corrected chi connectivity index (χ3v) is 7.23. The maximum Gasteiger partial charge on any atom is 0.0565 e. The molecule has 2 atom stereocenters. The molecule has 0 radical (unpaired) electrons. The maximum atomic E-state index is 3.74. The molecule has 0 aromatic heterocycles. The Balaban J connectivity index is 1.47. The van der Waals surface area contributed by atoms with Crippen LogP contribution in [0.4, 0.5) is 11.4 Å². The van der Waals surface area contributed by atoms with Crippen molar-refractivity contribution in [3.63, 3.8) is 0 Å². The fourth-order valence-corrected chi connectivity index (χ4v) is 5.31. The van der Waals surface area contributed by atoms with E-state index in [9.17, 15) is 0 Å². The number of rotatable bonds is 4. The molecule has 1 aliphatic rings. The van der Waals surface area contributed by atoms with E-state index in [4.69, 9.17) is 0 Å². The highest BCUT2D eigenvalue weighted by atomic mass is 32.2. The third kappa shape index (κ3) is 3.53. The zero-order valence-corrected chi connectivity index (χ0v) is 18.1. The summed E-state index contributed by atoms with van der Waals surface area (Å²) in [6, 6.07) is 35.0. The van der Waals surface area contributed by atoms with Crippen molar-refractivity contribution in [3.05, 3.63) is 119 Å². The molecule has 1 heterocycles. The van der Waals surface area contributed by atoms with Gasteiger partial charge in [-0.25, -0.2) is 0 Å². The van der Waals surface area contributed by atoms with Crippen molar-refractivity contribution < 1.29 is 0 Å². The first kappa shape index (κ1) is 19.0. The molecule has 0 fully saturated rings. The minimum absolute atomic E-state index is 0.341. The van der Waals surface area contributed by atoms with Crippen LogP contribution in [0.25, 0.3) is 0 Å². The van der Waals surface area contributed by atoms with Crippen LogP contribution in [0.5, 0.6) is 0 Å². The molecule has 30 heavy (non-hydrogen) atoms. The average Bonchev–Trinajstić information content (AvgIpc) is 2.82. The standard InChI is InChI=1S/C28H25NS/c1-19(21-10-5-3-6-11-21)23-16-17-25-27(18-23)30-26-15-9-14-24(28(26)29-25)20(2)22-12-7-4-8-13-22/h3-20,29H,1-2H3. The van der Waals surface area contributed by atoms with Gasteiger partial charge in [0.1, 0.15) is 0 Å². The van der Waals surface area contributed by atoms with E-state index in [0.29, 0.717) is 11.8 Å². The highest BCUT2D eigenvalue weighted by Gasteiger charge is 2.22. The monoisotopic (exact) mass is 407 g/mol. The van der Waals surface area contributed by atoms with Crippen LogP contribution < -0.4 is 5.32 Å². The van der Waals surface area contributed by atoms with Gasteiger partial charge in [0.05, 0.1) is 11.4 Å². The van der Waals surface area contributed by atoms with E-state index < -0.39 is 0 Å². The fraction of sp³-hybridized carbons (Fsp3) is 0.143. The van der Waals surface area contributed by atoms with E-state index in [1.54, 1.807) is 0 Å². The van der Waals surface area contributed by atoms with Gasteiger partial charge in [-0.1, -0.05) is 104 Å². The minimum atomic E-state index is 0.341. The van der Waals surface area contributed by atoms with Crippen LogP contribution in [0.2, 0.25) is 0 Å². The van der Waals surface area contributed by atoms with Crippen molar-refractivity contribution in [1.29, 1.82) is 0 Å². The molecule has 148 valence electrons. The van der Waals surface area contributed by atoms with Crippen LogP contribution in [0.1, 0.15) is 47.9 Å². The Morgan fingerprint density at radius 1 is 0.600 bits per heavy atom. The second-order valence-corrected chi connectivity index (χ2v) is 9.05. The van der Waals surface area contributed by atoms with E-state index in [2.05, 4.69) is 116 Å². The van der Waals surface area contributed by atoms with Crippen LogP contribution in [-0.4, -0.2) is 0 Å². The van der Waals surface area contributed by atoms with Gasteiger partial charge in [-0.3, -0.25) is 0 Å². The van der Waals surface area contributed by atoms with Gasteiger partial charge in [0.2, 0.25) is 0 Å². The Bertz CT molecular complexity index is 1170. The van der Waals surface area contributed by atoms with Crippen molar-refractivity contribution in [1.82, 2.24) is 0 Å². The predicted octanol–water partition coefficient (Wildman–Crippen LogP) is 8.20. The molecule has 0 amide bonds. The largest absolute Gasteiger partial charge is 0.353 e. The number of hydrogen-bond acceptors (Lipinski definition) is 2. The molecule has 4 aromatic rings. The van der Waals surface area contributed by atoms with E-state index in [0.717, 1.165) is 0 Å². The molecule has 5 rings (SSSR count). The number of benzene rings is 4. The molecule has 1 aliphatic heterocycles. The summed E-state index contributed by atoms with van der Waals surface area (Å²) in [7, 11) is 0.